The molecule has 0 aliphatic heterocycles. The molecule has 0 spiro atoms. The van der Waals surface area contributed by atoms with E-state index in [0.717, 1.165) is 13.1 Å². The SMILES string of the molecule is CCCCCNCC(C)n1cc(C)cn1. The Kier molecular flexibility index (Phi) is 5.40. The quantitative estimate of drug-likeness (QED) is 0.699. The Morgan fingerprint density at radius 2 is 2.27 bits per heavy atom. The number of aromatic nitrogens is 2. The van der Waals surface area contributed by atoms with Crippen molar-refractivity contribution in [3.05, 3.63) is 18.0 Å². The van der Waals surface area contributed by atoms with Crippen LogP contribution in [-0.2, 0) is 0 Å². The minimum atomic E-state index is 0.445. The van der Waals surface area contributed by atoms with Crippen molar-refractivity contribution in [3.8, 4) is 0 Å². The van der Waals surface area contributed by atoms with Crippen molar-refractivity contribution >= 4 is 0 Å². The third-order valence-electron chi connectivity index (χ3n) is 2.58. The number of rotatable bonds is 7. The number of nitrogens with one attached hydrogen (secondary N) is 1. The number of aryl methyl sites for hydroxylation is 1. The van der Waals surface area contributed by atoms with E-state index in [1.807, 2.05) is 10.9 Å². The van der Waals surface area contributed by atoms with E-state index in [0.29, 0.717) is 6.04 Å². The lowest BCUT2D eigenvalue weighted by Gasteiger charge is -2.12. The maximum absolute atomic E-state index is 4.31. The van der Waals surface area contributed by atoms with Gasteiger partial charge in [0.2, 0.25) is 0 Å². The van der Waals surface area contributed by atoms with Crippen LogP contribution >= 0.6 is 0 Å². The van der Waals surface area contributed by atoms with Crippen molar-refractivity contribution in [2.45, 2.75) is 46.1 Å². The summed E-state index contributed by atoms with van der Waals surface area (Å²) in [5.74, 6) is 0. The van der Waals surface area contributed by atoms with Gasteiger partial charge in [-0.3, -0.25) is 4.68 Å². The summed E-state index contributed by atoms with van der Waals surface area (Å²) in [7, 11) is 0. The Morgan fingerprint density at radius 3 is 2.87 bits per heavy atom. The average Bonchev–Trinajstić information content (AvgIpc) is 2.64. The van der Waals surface area contributed by atoms with E-state index in [1.165, 1.54) is 24.8 Å². The molecule has 1 N–H and O–H groups in total. The number of unbranched alkanes of at least 4 members (excludes halogenated alkanes) is 2. The summed E-state index contributed by atoms with van der Waals surface area (Å²) in [4.78, 5) is 0. The maximum atomic E-state index is 4.31. The molecule has 0 aliphatic carbocycles. The van der Waals surface area contributed by atoms with Gasteiger partial charge in [-0.25, -0.2) is 0 Å². The predicted octanol–water partition coefficient (Wildman–Crippen LogP) is 2.53. The Hall–Kier alpha value is -0.830. The van der Waals surface area contributed by atoms with E-state index in [9.17, 15) is 0 Å². The number of hydrogen-bond donors (Lipinski definition) is 1. The van der Waals surface area contributed by atoms with Crippen molar-refractivity contribution in [3.63, 3.8) is 0 Å². The lowest BCUT2D eigenvalue weighted by Crippen LogP contribution is -2.24. The summed E-state index contributed by atoms with van der Waals surface area (Å²) in [5, 5.41) is 7.77. The van der Waals surface area contributed by atoms with Gasteiger partial charge in [0.15, 0.2) is 0 Å². The molecule has 0 aliphatic rings. The minimum Gasteiger partial charge on any atom is -0.315 e. The fraction of sp³-hybridized carbons (Fsp3) is 0.750. The van der Waals surface area contributed by atoms with Gasteiger partial charge < -0.3 is 5.32 Å². The Labute approximate surface area is 92.9 Å². The van der Waals surface area contributed by atoms with Crippen LogP contribution < -0.4 is 5.32 Å². The summed E-state index contributed by atoms with van der Waals surface area (Å²) in [5.41, 5.74) is 1.23. The molecule has 0 fully saturated rings. The summed E-state index contributed by atoms with van der Waals surface area (Å²) >= 11 is 0. The van der Waals surface area contributed by atoms with Crippen LogP contribution in [0.5, 0.6) is 0 Å². The van der Waals surface area contributed by atoms with E-state index in [4.69, 9.17) is 0 Å². The second-order valence-corrected chi connectivity index (χ2v) is 4.26. The zero-order chi connectivity index (χ0) is 11.1. The molecular formula is C12H23N3. The van der Waals surface area contributed by atoms with E-state index >= 15 is 0 Å². The summed E-state index contributed by atoms with van der Waals surface area (Å²) in [6.45, 7) is 8.63. The standard InChI is InChI=1S/C12H23N3/c1-4-5-6-7-13-9-12(3)15-10-11(2)8-14-15/h8,10,12-13H,4-7,9H2,1-3H3. The van der Waals surface area contributed by atoms with E-state index < -0.39 is 0 Å². The minimum absolute atomic E-state index is 0.445. The van der Waals surface area contributed by atoms with E-state index in [2.05, 4.69) is 37.4 Å². The fourth-order valence-electron chi connectivity index (χ4n) is 1.58. The summed E-state index contributed by atoms with van der Waals surface area (Å²) in [6.07, 6.45) is 7.89. The lowest BCUT2D eigenvalue weighted by molar-refractivity contribution is 0.449. The fourth-order valence-corrected chi connectivity index (χ4v) is 1.58. The smallest absolute Gasteiger partial charge is 0.0615 e. The third kappa shape index (κ3) is 4.47. The predicted molar refractivity (Wildman–Crippen MR) is 64.1 cm³/mol. The van der Waals surface area contributed by atoms with Crippen LogP contribution in [0.4, 0.5) is 0 Å². The molecular weight excluding hydrogens is 186 g/mol. The van der Waals surface area contributed by atoms with Gasteiger partial charge in [0, 0.05) is 12.7 Å². The Balaban J connectivity index is 2.16. The first kappa shape index (κ1) is 12.2. The summed E-state index contributed by atoms with van der Waals surface area (Å²) in [6, 6.07) is 0.445. The van der Waals surface area contributed by atoms with Gasteiger partial charge >= 0.3 is 0 Å². The first-order chi connectivity index (χ1) is 7.24. The van der Waals surface area contributed by atoms with E-state index in [1.54, 1.807) is 0 Å². The van der Waals surface area contributed by atoms with Crippen LogP contribution in [0.25, 0.3) is 0 Å². The lowest BCUT2D eigenvalue weighted by atomic mass is 10.2. The Bertz CT molecular complexity index is 268. The average molecular weight is 209 g/mol. The molecule has 15 heavy (non-hydrogen) atoms. The highest BCUT2D eigenvalue weighted by Gasteiger charge is 2.03. The molecule has 0 radical (unpaired) electrons. The zero-order valence-corrected chi connectivity index (χ0v) is 10.2. The van der Waals surface area contributed by atoms with Gasteiger partial charge in [0.1, 0.15) is 0 Å². The molecule has 3 heteroatoms. The highest BCUT2D eigenvalue weighted by atomic mass is 15.3. The van der Waals surface area contributed by atoms with Crippen molar-refractivity contribution in [2.24, 2.45) is 0 Å². The molecule has 0 saturated carbocycles. The maximum Gasteiger partial charge on any atom is 0.0615 e. The van der Waals surface area contributed by atoms with Crippen LogP contribution in [-0.4, -0.2) is 22.9 Å². The molecule has 0 aromatic carbocycles. The van der Waals surface area contributed by atoms with Crippen LogP contribution in [0, 0.1) is 6.92 Å². The molecule has 0 saturated heterocycles. The van der Waals surface area contributed by atoms with Gasteiger partial charge in [0.25, 0.3) is 0 Å². The zero-order valence-electron chi connectivity index (χ0n) is 10.2. The van der Waals surface area contributed by atoms with Crippen molar-refractivity contribution in [1.82, 2.24) is 15.1 Å². The molecule has 1 aromatic rings. The van der Waals surface area contributed by atoms with Gasteiger partial charge in [-0.15, -0.1) is 0 Å². The first-order valence-electron chi connectivity index (χ1n) is 5.95. The van der Waals surface area contributed by atoms with Crippen LogP contribution in [0.2, 0.25) is 0 Å². The van der Waals surface area contributed by atoms with Crippen molar-refractivity contribution in [1.29, 1.82) is 0 Å². The monoisotopic (exact) mass is 209 g/mol. The molecule has 0 bridgehead atoms. The molecule has 1 unspecified atom stereocenters. The molecule has 1 atom stereocenters. The van der Waals surface area contributed by atoms with Gasteiger partial charge in [-0.05, 0) is 32.4 Å². The number of hydrogen-bond acceptors (Lipinski definition) is 2. The topological polar surface area (TPSA) is 29.9 Å². The van der Waals surface area contributed by atoms with Gasteiger partial charge in [-0.2, -0.15) is 5.10 Å². The second-order valence-electron chi connectivity index (χ2n) is 4.26. The molecule has 86 valence electrons. The molecule has 1 aromatic heterocycles. The van der Waals surface area contributed by atoms with Crippen molar-refractivity contribution in [2.75, 3.05) is 13.1 Å². The van der Waals surface area contributed by atoms with Gasteiger partial charge in [0.05, 0.1) is 12.2 Å². The summed E-state index contributed by atoms with van der Waals surface area (Å²) < 4.78 is 2.03. The molecule has 3 nitrogen and oxygen atoms in total. The molecule has 0 amide bonds. The number of nitrogens with zero attached hydrogens (tertiary/aromatic N) is 2. The highest BCUT2D eigenvalue weighted by Crippen LogP contribution is 2.04. The van der Waals surface area contributed by atoms with Crippen LogP contribution in [0.15, 0.2) is 12.4 Å². The van der Waals surface area contributed by atoms with Gasteiger partial charge in [-0.1, -0.05) is 19.8 Å². The first-order valence-corrected chi connectivity index (χ1v) is 5.95. The van der Waals surface area contributed by atoms with Crippen LogP contribution in [0.3, 0.4) is 0 Å². The highest BCUT2D eigenvalue weighted by molar-refractivity contribution is 5.00. The van der Waals surface area contributed by atoms with Crippen LogP contribution in [0.1, 0.15) is 44.7 Å². The molecule has 1 rings (SSSR count). The second kappa shape index (κ2) is 6.62. The largest absolute Gasteiger partial charge is 0.315 e. The van der Waals surface area contributed by atoms with E-state index in [-0.39, 0.29) is 0 Å². The molecule has 1 heterocycles. The Morgan fingerprint density at radius 1 is 1.47 bits per heavy atom. The normalized spacial score (nSPS) is 13.0. The van der Waals surface area contributed by atoms with Crippen molar-refractivity contribution < 1.29 is 0 Å². The third-order valence-corrected chi connectivity index (χ3v) is 2.58.